The summed E-state index contributed by atoms with van der Waals surface area (Å²) in [6, 6.07) is 9.69. The summed E-state index contributed by atoms with van der Waals surface area (Å²) in [5.74, 6) is -0.369. The van der Waals surface area contributed by atoms with Gasteiger partial charge in [0.2, 0.25) is 0 Å². The molecule has 3 rings (SSSR count). The van der Waals surface area contributed by atoms with Gasteiger partial charge < -0.3 is 9.67 Å². The number of fused-ring (bicyclic) bond motifs is 1. The van der Waals surface area contributed by atoms with E-state index < -0.39 is 0 Å². The Labute approximate surface area is 168 Å². The number of aliphatic hydroxyl groups excluding tert-OH is 1. The van der Waals surface area contributed by atoms with E-state index in [1.165, 1.54) is 18.2 Å². The van der Waals surface area contributed by atoms with E-state index in [4.69, 9.17) is 0 Å². The molecule has 0 amide bonds. The zero-order valence-electron chi connectivity index (χ0n) is 12.9. The van der Waals surface area contributed by atoms with E-state index >= 15 is 0 Å². The third-order valence-electron chi connectivity index (χ3n) is 3.92. The van der Waals surface area contributed by atoms with Gasteiger partial charge in [-0.15, -0.1) is 0 Å². The Balaban J connectivity index is 2.18. The molecule has 3 nitrogen and oxygen atoms in total. The number of nitrogens with zero attached hydrogens (tertiary/aromatic N) is 1. The lowest BCUT2D eigenvalue weighted by Crippen LogP contribution is -2.22. The monoisotopic (exact) mass is 531 g/mol. The Morgan fingerprint density at radius 3 is 2.36 bits per heavy atom. The van der Waals surface area contributed by atoms with Crippen LogP contribution in [0, 0.1) is 5.82 Å². The molecule has 0 unspecified atom stereocenters. The van der Waals surface area contributed by atoms with Crippen molar-refractivity contribution in [3.63, 3.8) is 0 Å². The van der Waals surface area contributed by atoms with Crippen LogP contribution in [0.4, 0.5) is 4.39 Å². The summed E-state index contributed by atoms with van der Waals surface area (Å²) in [5.41, 5.74) is 2.03. The number of hydrogen-bond donors (Lipinski definition) is 1. The van der Waals surface area contributed by atoms with Crippen molar-refractivity contribution in [2.45, 2.75) is 13.0 Å². The minimum atomic E-state index is -0.369. The highest BCUT2D eigenvalue weighted by Gasteiger charge is 2.12. The molecule has 0 fully saturated rings. The van der Waals surface area contributed by atoms with E-state index in [0.717, 1.165) is 19.0 Å². The van der Waals surface area contributed by atoms with Gasteiger partial charge in [-0.05, 0) is 95.7 Å². The lowest BCUT2D eigenvalue weighted by molar-refractivity contribution is 0.300. The van der Waals surface area contributed by atoms with Crippen molar-refractivity contribution in [2.75, 3.05) is 6.61 Å². The van der Waals surface area contributed by atoms with E-state index in [-0.39, 0.29) is 18.0 Å². The molecule has 3 aromatic rings. The maximum absolute atomic E-state index is 13.7. The fraction of sp³-hybridized carbons (Fsp3) is 0.167. The minimum Gasteiger partial charge on any atom is -0.396 e. The van der Waals surface area contributed by atoms with Gasteiger partial charge in [0.1, 0.15) is 5.82 Å². The highest BCUT2D eigenvalue weighted by Crippen LogP contribution is 2.32. The number of hydrogen-bond acceptors (Lipinski definition) is 2. The number of aromatic nitrogens is 1. The van der Waals surface area contributed by atoms with Crippen molar-refractivity contribution in [2.24, 2.45) is 0 Å². The van der Waals surface area contributed by atoms with E-state index in [0.29, 0.717) is 29.4 Å². The van der Waals surface area contributed by atoms with Gasteiger partial charge in [-0.3, -0.25) is 4.79 Å². The summed E-state index contributed by atoms with van der Waals surface area (Å²) in [6.45, 7) is 0.256. The fourth-order valence-electron chi connectivity index (χ4n) is 2.80. The first-order valence-electron chi connectivity index (χ1n) is 7.47. The van der Waals surface area contributed by atoms with Gasteiger partial charge in [-0.2, -0.15) is 0 Å². The third kappa shape index (κ3) is 3.89. The average molecular weight is 534 g/mol. The van der Waals surface area contributed by atoms with Gasteiger partial charge in [0.15, 0.2) is 0 Å². The second-order valence-electron chi connectivity index (χ2n) is 5.60. The maximum Gasteiger partial charge on any atom is 0.251 e. The van der Waals surface area contributed by atoms with Crippen molar-refractivity contribution in [1.82, 2.24) is 4.57 Å². The average Bonchev–Trinajstić information content (AvgIpc) is 2.56. The molecule has 0 bridgehead atoms. The second kappa shape index (κ2) is 7.70. The first-order valence-corrected chi connectivity index (χ1v) is 9.85. The third-order valence-corrected chi connectivity index (χ3v) is 7.09. The molecule has 7 heteroatoms. The maximum atomic E-state index is 13.7. The van der Waals surface area contributed by atoms with E-state index in [9.17, 15) is 14.3 Å². The summed E-state index contributed by atoms with van der Waals surface area (Å²) in [7, 11) is 0. The van der Waals surface area contributed by atoms with Crippen LogP contribution in [0.2, 0.25) is 0 Å². The molecule has 25 heavy (non-hydrogen) atoms. The second-order valence-corrected chi connectivity index (χ2v) is 8.10. The molecule has 1 heterocycles. The highest BCUT2D eigenvalue weighted by atomic mass is 79.9. The van der Waals surface area contributed by atoms with E-state index in [2.05, 4.69) is 47.8 Å². The Hall–Kier alpha value is -1.02. The van der Waals surface area contributed by atoms with E-state index in [1.807, 2.05) is 12.1 Å². The predicted molar refractivity (Wildman–Crippen MR) is 108 cm³/mol. The van der Waals surface area contributed by atoms with Gasteiger partial charge >= 0.3 is 0 Å². The molecular formula is C18H13Br3FNO2. The topological polar surface area (TPSA) is 42.2 Å². The van der Waals surface area contributed by atoms with Crippen LogP contribution in [0.3, 0.4) is 0 Å². The lowest BCUT2D eigenvalue weighted by atomic mass is 10.1. The van der Waals surface area contributed by atoms with Gasteiger partial charge in [0.25, 0.3) is 5.56 Å². The van der Waals surface area contributed by atoms with Gasteiger partial charge in [-0.1, -0.05) is 0 Å². The van der Waals surface area contributed by atoms with Crippen molar-refractivity contribution >= 4 is 58.7 Å². The summed E-state index contributed by atoms with van der Waals surface area (Å²) >= 11 is 10.4. The smallest absolute Gasteiger partial charge is 0.251 e. The van der Waals surface area contributed by atoms with Crippen LogP contribution in [0.15, 0.2) is 54.6 Å². The number of pyridine rings is 1. The Morgan fingerprint density at radius 1 is 1.04 bits per heavy atom. The normalized spacial score (nSPS) is 11.2. The molecule has 130 valence electrons. The minimum absolute atomic E-state index is 0.0956. The molecule has 0 aliphatic rings. The van der Waals surface area contributed by atoms with Crippen molar-refractivity contribution in [3.05, 3.63) is 77.1 Å². The molecule has 2 aromatic carbocycles. The summed E-state index contributed by atoms with van der Waals surface area (Å²) in [4.78, 5) is 12.6. The van der Waals surface area contributed by atoms with Gasteiger partial charge in [0, 0.05) is 31.5 Å². The summed E-state index contributed by atoms with van der Waals surface area (Å²) < 4.78 is 17.9. The standard InChI is InChI=1S/C18H13Br3FNO2/c19-14-5-10(6-15(20)18(14)21)9-23-16-2-1-12(22)8-13(16)11(3-4-24)7-17(23)25/h1-2,5-8,24H,3-4,9H2. The molecule has 0 aliphatic carbocycles. The molecule has 1 N–H and O–H groups in total. The van der Waals surface area contributed by atoms with Gasteiger partial charge in [0.05, 0.1) is 12.1 Å². The van der Waals surface area contributed by atoms with Crippen molar-refractivity contribution in [1.29, 1.82) is 0 Å². The van der Waals surface area contributed by atoms with Crippen molar-refractivity contribution in [3.8, 4) is 0 Å². The Bertz CT molecular complexity index is 994. The van der Waals surface area contributed by atoms with E-state index in [1.54, 1.807) is 10.6 Å². The van der Waals surface area contributed by atoms with Crippen LogP contribution < -0.4 is 5.56 Å². The quantitative estimate of drug-likeness (QED) is 0.479. The molecule has 1 aromatic heterocycles. The molecule has 0 radical (unpaired) electrons. The van der Waals surface area contributed by atoms with Crippen LogP contribution in [0.25, 0.3) is 10.9 Å². The number of benzene rings is 2. The molecule has 0 saturated heterocycles. The SMILES string of the molecule is O=c1cc(CCO)c2cc(F)ccc2n1Cc1cc(Br)c(Br)c(Br)c1. The highest BCUT2D eigenvalue weighted by molar-refractivity contribution is 9.14. The Kier molecular flexibility index (Phi) is 5.78. The molecule has 0 spiro atoms. The number of halogens is 4. The fourth-order valence-corrected chi connectivity index (χ4v) is 4.31. The van der Waals surface area contributed by atoms with Gasteiger partial charge in [-0.25, -0.2) is 4.39 Å². The van der Waals surface area contributed by atoms with Crippen LogP contribution in [0.1, 0.15) is 11.1 Å². The first-order chi connectivity index (χ1) is 11.9. The number of rotatable bonds is 4. The zero-order valence-corrected chi connectivity index (χ0v) is 17.7. The molecule has 0 aliphatic heterocycles. The van der Waals surface area contributed by atoms with Crippen LogP contribution in [-0.2, 0) is 13.0 Å². The Morgan fingerprint density at radius 2 is 1.72 bits per heavy atom. The van der Waals surface area contributed by atoms with Crippen molar-refractivity contribution < 1.29 is 9.50 Å². The first kappa shape index (κ1) is 18.8. The molecular weight excluding hydrogens is 521 g/mol. The van der Waals surface area contributed by atoms with Crippen LogP contribution in [-0.4, -0.2) is 16.3 Å². The van der Waals surface area contributed by atoms with Crippen LogP contribution in [0.5, 0.6) is 0 Å². The summed E-state index contributed by atoms with van der Waals surface area (Å²) in [6.07, 6.45) is 0.311. The summed E-state index contributed by atoms with van der Waals surface area (Å²) in [5, 5.41) is 9.86. The number of aliphatic hydroxyl groups is 1. The largest absolute Gasteiger partial charge is 0.396 e. The van der Waals surface area contributed by atoms with Crippen LogP contribution >= 0.6 is 47.8 Å². The molecule has 0 saturated carbocycles. The predicted octanol–water partition coefficient (Wildman–Crippen LogP) is 5.01. The lowest BCUT2D eigenvalue weighted by Gasteiger charge is -2.14. The molecule has 0 atom stereocenters. The zero-order chi connectivity index (χ0) is 18.1.